The summed E-state index contributed by atoms with van der Waals surface area (Å²) in [6, 6.07) is 29.1. The summed E-state index contributed by atoms with van der Waals surface area (Å²) in [6.45, 7) is 4.52. The molecular weight excluding hydrogens is 881 g/mol. The zero-order chi connectivity index (χ0) is 47.8. The maximum absolute atomic E-state index is 14.4. The smallest absolute Gasteiger partial charge is 0.261 e. The van der Waals surface area contributed by atoms with Crippen LogP contribution in [0.25, 0.3) is 86.2 Å². The van der Waals surface area contributed by atoms with Crippen molar-refractivity contribution in [2.45, 2.75) is 39.5 Å². The van der Waals surface area contributed by atoms with Crippen molar-refractivity contribution < 1.29 is 38.4 Å². The molecule has 0 saturated carbocycles. The summed E-state index contributed by atoms with van der Waals surface area (Å²) >= 11 is 0. The number of rotatable bonds is 9. The molecule has 0 aromatic heterocycles. The summed E-state index contributed by atoms with van der Waals surface area (Å²) in [5.41, 5.74) is 3.33. The maximum Gasteiger partial charge on any atom is 0.261 e. The molecule has 70 heavy (non-hydrogen) atoms. The van der Waals surface area contributed by atoms with Crippen LogP contribution >= 0.6 is 0 Å². The normalized spacial score (nSPS) is 15.9. The van der Waals surface area contributed by atoms with Crippen LogP contribution in [0, 0.1) is 0 Å². The van der Waals surface area contributed by atoms with Gasteiger partial charge in [0, 0.05) is 92.2 Å². The van der Waals surface area contributed by atoms with Crippen LogP contribution in [-0.4, -0.2) is 93.0 Å². The molecule has 4 aliphatic rings. The number of unbranched alkanes of at least 4 members (excludes halogenated alkanes) is 1. The van der Waals surface area contributed by atoms with Crippen molar-refractivity contribution in [2.24, 2.45) is 0 Å². The Morgan fingerprint density at radius 3 is 0.643 bits per heavy atom. The lowest BCUT2D eigenvalue weighted by Crippen LogP contribution is -2.44. The number of carbonyl (C=O) groups is 8. The molecule has 0 N–H and O–H groups in total. The minimum atomic E-state index is -0.478. The van der Waals surface area contributed by atoms with Crippen LogP contribution < -0.4 is 0 Å². The van der Waals surface area contributed by atoms with Crippen LogP contribution in [0.4, 0.5) is 0 Å². The minimum Gasteiger partial charge on any atom is -0.274 e. The Morgan fingerprint density at radius 2 is 0.443 bits per heavy atom. The standard InChI is InChI=1S/C58H38N4O8/c1-3-5-24-60-53(65)37-17-9-29-33-13-21-41-50-42(22-14-34(46(33)50)30-10-18-38(54(60)66)48(37)44(29)30)58(70)62(57(41)69)26-6-25-61-55(67)39-19-11-31-27-7-15-35-47-36(52(64)59(23-4-2)51(35)63)16-8-28(43(27)47)32-12-20-40(56(61)68)49(39)45(31)32/h7-22H,3-6,23-26H2,1-2H3. The van der Waals surface area contributed by atoms with Crippen LogP contribution in [0.1, 0.15) is 122 Å². The van der Waals surface area contributed by atoms with Gasteiger partial charge >= 0.3 is 0 Å². The van der Waals surface area contributed by atoms with E-state index in [0.29, 0.717) is 92.0 Å². The molecule has 12 nitrogen and oxygen atoms in total. The molecule has 0 spiro atoms. The van der Waals surface area contributed by atoms with Gasteiger partial charge in [-0.3, -0.25) is 58.0 Å². The quantitative estimate of drug-likeness (QED) is 0.0789. The van der Waals surface area contributed by atoms with Crippen molar-refractivity contribution in [2.75, 3.05) is 26.2 Å². The van der Waals surface area contributed by atoms with Crippen molar-refractivity contribution in [1.82, 2.24) is 19.6 Å². The fourth-order valence-corrected chi connectivity index (χ4v) is 12.5. The van der Waals surface area contributed by atoms with E-state index in [2.05, 4.69) is 0 Å². The van der Waals surface area contributed by atoms with Gasteiger partial charge in [-0.2, -0.15) is 0 Å². The molecule has 0 fully saturated rings. The van der Waals surface area contributed by atoms with Crippen LogP contribution in [0.3, 0.4) is 0 Å². The molecule has 4 heterocycles. The van der Waals surface area contributed by atoms with Crippen LogP contribution in [0.2, 0.25) is 0 Å². The zero-order valence-corrected chi connectivity index (χ0v) is 37.9. The first-order valence-electron chi connectivity index (χ1n) is 23.9. The Bertz CT molecular complexity index is 4010. The molecule has 0 saturated heterocycles. The third-order valence-electron chi connectivity index (χ3n) is 15.6. The summed E-state index contributed by atoms with van der Waals surface area (Å²) in [5.74, 6) is -3.18. The summed E-state index contributed by atoms with van der Waals surface area (Å²) in [4.78, 5) is 117. The molecule has 10 aromatic rings. The fourth-order valence-electron chi connectivity index (χ4n) is 12.5. The average molecular weight is 919 g/mol. The first-order valence-corrected chi connectivity index (χ1v) is 23.9. The van der Waals surface area contributed by atoms with Gasteiger partial charge in [0.25, 0.3) is 47.3 Å². The van der Waals surface area contributed by atoms with E-state index in [1.807, 2.05) is 62.4 Å². The predicted octanol–water partition coefficient (Wildman–Crippen LogP) is 10.5. The lowest BCUT2D eigenvalue weighted by molar-refractivity contribution is 0.0566. The Labute approximate surface area is 397 Å². The molecule has 0 bridgehead atoms. The van der Waals surface area contributed by atoms with Gasteiger partial charge in [-0.15, -0.1) is 0 Å². The van der Waals surface area contributed by atoms with Crippen LogP contribution in [-0.2, 0) is 0 Å². The third kappa shape index (κ3) is 4.84. The number of imide groups is 4. The molecule has 338 valence electrons. The minimum absolute atomic E-state index is 0.0453. The largest absolute Gasteiger partial charge is 0.274 e. The number of nitrogens with zero attached hydrogens (tertiary/aromatic N) is 4. The van der Waals surface area contributed by atoms with Gasteiger partial charge in [-0.05, 0) is 132 Å². The van der Waals surface area contributed by atoms with Crippen molar-refractivity contribution in [1.29, 1.82) is 0 Å². The molecular formula is C58H38N4O8. The second kappa shape index (κ2) is 14.0. The average Bonchev–Trinajstić information content (AvgIpc) is 3.37. The lowest BCUT2D eigenvalue weighted by Gasteiger charge is -2.31. The second-order valence-corrected chi connectivity index (χ2v) is 19.0. The van der Waals surface area contributed by atoms with Crippen molar-refractivity contribution in [3.05, 3.63) is 142 Å². The molecule has 14 rings (SSSR count). The maximum atomic E-state index is 14.4. The van der Waals surface area contributed by atoms with Gasteiger partial charge in [-0.25, -0.2) is 0 Å². The Kier molecular flexibility index (Phi) is 8.07. The number of fused-ring (bicyclic) bond motifs is 4. The van der Waals surface area contributed by atoms with Gasteiger partial charge in [0.05, 0.1) is 0 Å². The summed E-state index contributed by atoms with van der Waals surface area (Å²) < 4.78 is 0. The molecule has 12 heteroatoms. The van der Waals surface area contributed by atoms with E-state index in [0.717, 1.165) is 71.1 Å². The number of carbonyl (C=O) groups excluding carboxylic acids is 8. The highest BCUT2D eigenvalue weighted by Crippen LogP contribution is 2.48. The molecule has 0 radical (unpaired) electrons. The van der Waals surface area contributed by atoms with E-state index in [1.165, 1.54) is 19.6 Å². The van der Waals surface area contributed by atoms with E-state index in [1.54, 1.807) is 48.5 Å². The Balaban J connectivity index is 0.783. The summed E-state index contributed by atoms with van der Waals surface area (Å²) in [7, 11) is 0. The highest BCUT2D eigenvalue weighted by atomic mass is 16.2. The number of hydrogen-bond acceptors (Lipinski definition) is 8. The zero-order valence-electron chi connectivity index (χ0n) is 37.9. The topological polar surface area (TPSA) is 150 Å². The summed E-state index contributed by atoms with van der Waals surface area (Å²) in [5, 5.41) is 11.8. The van der Waals surface area contributed by atoms with E-state index < -0.39 is 23.6 Å². The molecule has 10 aromatic carbocycles. The highest BCUT2D eigenvalue weighted by Gasteiger charge is 2.40. The van der Waals surface area contributed by atoms with E-state index in [9.17, 15) is 38.4 Å². The van der Waals surface area contributed by atoms with E-state index >= 15 is 0 Å². The van der Waals surface area contributed by atoms with Gasteiger partial charge in [0.15, 0.2) is 0 Å². The van der Waals surface area contributed by atoms with Gasteiger partial charge in [-0.1, -0.05) is 68.8 Å². The van der Waals surface area contributed by atoms with Gasteiger partial charge in [0.2, 0.25) is 0 Å². The fraction of sp³-hybridized carbons (Fsp3) is 0.172. The van der Waals surface area contributed by atoms with E-state index in [4.69, 9.17) is 0 Å². The number of hydrogen-bond donors (Lipinski definition) is 0. The monoisotopic (exact) mass is 918 g/mol. The predicted molar refractivity (Wildman–Crippen MR) is 267 cm³/mol. The lowest BCUT2D eigenvalue weighted by atomic mass is 9.82. The second-order valence-electron chi connectivity index (χ2n) is 19.0. The number of benzene rings is 10. The van der Waals surface area contributed by atoms with Crippen molar-refractivity contribution in [3.63, 3.8) is 0 Å². The molecule has 4 aliphatic heterocycles. The Morgan fingerprint density at radius 1 is 0.243 bits per heavy atom. The molecule has 0 atom stereocenters. The van der Waals surface area contributed by atoms with Crippen LogP contribution in [0.5, 0.6) is 0 Å². The SMILES string of the molecule is CCCCN1C(=O)c2ccc3c4ccc5c6c(ccc(c7ccc(c2c37)C1=O)c64)C(=O)N(CCCN1C(=O)c2ccc3c4ccc6c7c(ccc(c8ccc(c2c38)C1=O)c74)C(=O)N(CCC)C6=O)C5=O. The van der Waals surface area contributed by atoms with Gasteiger partial charge < -0.3 is 0 Å². The van der Waals surface area contributed by atoms with Crippen molar-refractivity contribution in [3.8, 4) is 0 Å². The number of amides is 8. The van der Waals surface area contributed by atoms with E-state index in [-0.39, 0.29) is 43.1 Å². The highest BCUT2D eigenvalue weighted by molar-refractivity contribution is 6.43. The van der Waals surface area contributed by atoms with Crippen LogP contribution in [0.15, 0.2) is 97.1 Å². The first-order chi connectivity index (χ1) is 34.0. The molecule has 0 aliphatic carbocycles. The Hall–Kier alpha value is -8.64. The van der Waals surface area contributed by atoms with Crippen molar-refractivity contribution >= 4 is 133 Å². The molecule has 0 unspecified atom stereocenters. The molecule has 8 amide bonds. The first kappa shape index (κ1) is 40.4. The third-order valence-corrected chi connectivity index (χ3v) is 15.6. The summed E-state index contributed by atoms with van der Waals surface area (Å²) in [6.07, 6.45) is 2.33. The van der Waals surface area contributed by atoms with Gasteiger partial charge in [0.1, 0.15) is 0 Å².